The van der Waals surface area contributed by atoms with Crippen LogP contribution in [0.5, 0.6) is 11.5 Å². The van der Waals surface area contributed by atoms with Gasteiger partial charge in [0.2, 0.25) is 0 Å². The molecule has 14 heteroatoms. The van der Waals surface area contributed by atoms with Gasteiger partial charge in [0.25, 0.3) is 5.91 Å². The Hall–Kier alpha value is -5.76. The molecule has 234 valence electrons. The van der Waals surface area contributed by atoms with Crippen LogP contribution in [0.3, 0.4) is 0 Å². The predicted molar refractivity (Wildman–Crippen MR) is 163 cm³/mol. The average molecular weight is 619 g/mol. The summed E-state index contributed by atoms with van der Waals surface area (Å²) in [5, 5.41) is 25.7. The van der Waals surface area contributed by atoms with Crippen molar-refractivity contribution in [2.24, 2.45) is 0 Å². The number of ether oxygens (including phenoxy) is 1. The zero-order valence-corrected chi connectivity index (χ0v) is 24.2. The second kappa shape index (κ2) is 15.1. The number of H-pyrrole nitrogens is 1. The van der Waals surface area contributed by atoms with Crippen LogP contribution in [-0.2, 0) is 9.59 Å². The second-order valence-corrected chi connectivity index (χ2v) is 9.98. The molecule has 2 aromatic heterocycles. The number of hydrogen-bond donors (Lipinski definition) is 6. The maximum absolute atomic E-state index is 13.9. The molecule has 6 N–H and O–H groups in total. The first-order chi connectivity index (χ1) is 21.5. The quantitative estimate of drug-likeness (QED) is 0.110. The van der Waals surface area contributed by atoms with Gasteiger partial charge in [0.05, 0.1) is 35.7 Å². The van der Waals surface area contributed by atoms with Crippen LogP contribution in [0.15, 0.2) is 73.1 Å². The van der Waals surface area contributed by atoms with Crippen LogP contribution in [-0.4, -0.2) is 75.1 Å². The molecule has 0 atom stereocenters. The van der Waals surface area contributed by atoms with Crippen molar-refractivity contribution in [3.8, 4) is 22.9 Å². The Labute approximate surface area is 257 Å². The third-order valence-corrected chi connectivity index (χ3v) is 6.32. The van der Waals surface area contributed by atoms with E-state index in [1.807, 2.05) is 0 Å². The van der Waals surface area contributed by atoms with Gasteiger partial charge >= 0.3 is 18.0 Å². The number of aryl methyl sites for hydroxylation is 1. The first-order valence-corrected chi connectivity index (χ1v) is 13.8. The van der Waals surface area contributed by atoms with E-state index in [-0.39, 0.29) is 24.7 Å². The standard InChI is InChI=1S/C31H31FN6O7/c1-19-3-8-24(32)25(13-19)37-31(44)36-21-4-6-22(7-5-21)45-23-9-11-33-27(15-23)26-14-20(16-35-26)30(43)34-10-2-12-38(17-28(39)40)18-29(41)42/h3-9,11,13-16,35H,2,10,12,17-18H2,1H3,(H,34,43)(H,39,40)(H,41,42)(H2,36,37,44). The molecule has 3 amide bonds. The number of nitrogens with one attached hydrogen (secondary N) is 4. The lowest BCUT2D eigenvalue weighted by atomic mass is 10.2. The van der Waals surface area contributed by atoms with E-state index in [1.165, 1.54) is 23.2 Å². The fourth-order valence-electron chi connectivity index (χ4n) is 4.26. The molecule has 45 heavy (non-hydrogen) atoms. The number of pyridine rings is 1. The molecule has 4 aromatic rings. The largest absolute Gasteiger partial charge is 0.480 e. The summed E-state index contributed by atoms with van der Waals surface area (Å²) in [6, 6.07) is 15.4. The van der Waals surface area contributed by atoms with Crippen molar-refractivity contribution in [3.05, 3.63) is 90.0 Å². The zero-order chi connectivity index (χ0) is 32.3. The molecule has 0 fully saturated rings. The minimum absolute atomic E-state index is 0.0757. The molecular weight excluding hydrogens is 587 g/mol. The molecule has 0 unspecified atom stereocenters. The molecule has 0 aliphatic rings. The number of anilines is 2. The van der Waals surface area contributed by atoms with Crippen LogP contribution in [0, 0.1) is 12.7 Å². The van der Waals surface area contributed by atoms with Crippen LogP contribution in [0.2, 0.25) is 0 Å². The molecule has 0 spiro atoms. The first-order valence-electron chi connectivity index (χ1n) is 13.8. The number of carboxylic acid groups (broad SMARTS) is 2. The minimum Gasteiger partial charge on any atom is -0.480 e. The SMILES string of the molecule is Cc1ccc(F)c(NC(=O)Nc2ccc(Oc3ccnc(-c4cc(C(=O)NCCCN(CC(=O)O)CC(=O)O)c[nH]4)c3)cc2)c1. The lowest BCUT2D eigenvalue weighted by molar-refractivity contribution is -0.141. The van der Waals surface area contributed by atoms with Crippen molar-refractivity contribution < 1.29 is 38.5 Å². The van der Waals surface area contributed by atoms with Gasteiger partial charge in [-0.1, -0.05) is 6.07 Å². The van der Waals surface area contributed by atoms with E-state index in [0.717, 1.165) is 5.56 Å². The predicted octanol–water partition coefficient (Wildman–Crippen LogP) is 4.55. The summed E-state index contributed by atoms with van der Waals surface area (Å²) in [5.74, 6) is -2.20. The summed E-state index contributed by atoms with van der Waals surface area (Å²) < 4.78 is 19.9. The van der Waals surface area contributed by atoms with E-state index >= 15 is 0 Å². The van der Waals surface area contributed by atoms with Gasteiger partial charge in [-0.25, -0.2) is 9.18 Å². The summed E-state index contributed by atoms with van der Waals surface area (Å²) in [6.07, 6.45) is 3.44. The Morgan fingerprint density at radius 3 is 2.38 bits per heavy atom. The molecule has 13 nitrogen and oxygen atoms in total. The van der Waals surface area contributed by atoms with E-state index in [4.69, 9.17) is 14.9 Å². The van der Waals surface area contributed by atoms with Gasteiger partial charge in [0.1, 0.15) is 17.3 Å². The number of carboxylic acids is 2. The molecule has 2 heterocycles. The van der Waals surface area contributed by atoms with Gasteiger partial charge in [-0.05, 0) is 67.4 Å². The van der Waals surface area contributed by atoms with Crippen LogP contribution < -0.4 is 20.7 Å². The van der Waals surface area contributed by atoms with Crippen molar-refractivity contribution in [1.82, 2.24) is 20.2 Å². The van der Waals surface area contributed by atoms with Crippen LogP contribution >= 0.6 is 0 Å². The fraction of sp³-hybridized carbons (Fsp3) is 0.194. The lowest BCUT2D eigenvalue weighted by Gasteiger charge is -2.17. The number of benzene rings is 2. The second-order valence-electron chi connectivity index (χ2n) is 9.98. The maximum atomic E-state index is 13.9. The number of aliphatic carboxylic acids is 2. The first kappa shape index (κ1) is 32.2. The molecular formula is C31H31FN6O7. The van der Waals surface area contributed by atoms with E-state index in [2.05, 4.69) is 25.9 Å². The summed E-state index contributed by atoms with van der Waals surface area (Å²) in [5.41, 5.74) is 2.79. The summed E-state index contributed by atoms with van der Waals surface area (Å²) in [4.78, 5) is 55.3. The zero-order valence-electron chi connectivity index (χ0n) is 24.2. The normalized spacial score (nSPS) is 10.7. The van der Waals surface area contributed by atoms with Gasteiger partial charge in [0.15, 0.2) is 0 Å². The molecule has 0 saturated carbocycles. The minimum atomic E-state index is -1.13. The molecule has 2 aromatic carbocycles. The molecule has 0 aliphatic carbocycles. The third-order valence-electron chi connectivity index (χ3n) is 6.32. The number of amides is 3. The van der Waals surface area contributed by atoms with Gasteiger partial charge in [-0.3, -0.25) is 24.3 Å². The van der Waals surface area contributed by atoms with Crippen LogP contribution in [0.25, 0.3) is 11.4 Å². The van der Waals surface area contributed by atoms with Gasteiger partial charge in [-0.15, -0.1) is 0 Å². The van der Waals surface area contributed by atoms with Crippen LogP contribution in [0.4, 0.5) is 20.6 Å². The number of carbonyl (C=O) groups is 4. The molecule has 0 saturated heterocycles. The van der Waals surface area contributed by atoms with Crippen molar-refractivity contribution >= 4 is 35.3 Å². The van der Waals surface area contributed by atoms with Crippen molar-refractivity contribution in [1.29, 1.82) is 0 Å². The number of halogens is 1. The Bertz CT molecular complexity index is 1660. The van der Waals surface area contributed by atoms with Gasteiger partial charge in [0, 0.05) is 37.2 Å². The number of carbonyl (C=O) groups excluding carboxylic acids is 2. The van der Waals surface area contributed by atoms with E-state index in [0.29, 0.717) is 40.6 Å². The third kappa shape index (κ3) is 9.90. The average Bonchev–Trinajstić information content (AvgIpc) is 3.48. The van der Waals surface area contributed by atoms with E-state index in [9.17, 15) is 23.6 Å². The number of nitrogens with zero attached hydrogens (tertiary/aromatic N) is 2. The number of aromatic amines is 1. The molecule has 0 aliphatic heterocycles. The maximum Gasteiger partial charge on any atom is 0.323 e. The van der Waals surface area contributed by atoms with Crippen LogP contribution in [0.1, 0.15) is 22.3 Å². The highest BCUT2D eigenvalue weighted by molar-refractivity contribution is 6.00. The topological polar surface area (TPSA) is 186 Å². The summed E-state index contributed by atoms with van der Waals surface area (Å²) >= 11 is 0. The smallest absolute Gasteiger partial charge is 0.323 e. The fourth-order valence-corrected chi connectivity index (χ4v) is 4.26. The van der Waals surface area contributed by atoms with Crippen molar-refractivity contribution in [2.45, 2.75) is 13.3 Å². The highest BCUT2D eigenvalue weighted by Gasteiger charge is 2.15. The Morgan fingerprint density at radius 2 is 1.67 bits per heavy atom. The van der Waals surface area contributed by atoms with Crippen molar-refractivity contribution in [3.63, 3.8) is 0 Å². The Kier molecular flexibility index (Phi) is 10.8. The number of rotatable bonds is 14. The summed E-state index contributed by atoms with van der Waals surface area (Å²) in [6.45, 7) is 1.40. The van der Waals surface area contributed by atoms with Gasteiger partial charge < -0.3 is 35.9 Å². The Morgan fingerprint density at radius 1 is 0.933 bits per heavy atom. The number of aromatic nitrogens is 2. The highest BCUT2D eigenvalue weighted by atomic mass is 19.1. The molecule has 0 radical (unpaired) electrons. The molecule has 4 rings (SSSR count). The monoisotopic (exact) mass is 618 g/mol. The van der Waals surface area contributed by atoms with Crippen molar-refractivity contribution in [2.75, 3.05) is 36.8 Å². The van der Waals surface area contributed by atoms with E-state index < -0.39 is 36.9 Å². The highest BCUT2D eigenvalue weighted by Crippen LogP contribution is 2.27. The van der Waals surface area contributed by atoms with E-state index in [1.54, 1.807) is 61.7 Å². The number of hydrogen-bond acceptors (Lipinski definition) is 7. The lowest BCUT2D eigenvalue weighted by Crippen LogP contribution is -2.36. The molecule has 0 bridgehead atoms. The number of urea groups is 1. The Balaban J connectivity index is 1.28. The summed E-state index contributed by atoms with van der Waals surface area (Å²) in [7, 11) is 0. The van der Waals surface area contributed by atoms with Gasteiger partial charge in [-0.2, -0.15) is 0 Å².